The van der Waals surface area contributed by atoms with Crippen molar-refractivity contribution in [2.45, 2.75) is 44.9 Å². The highest BCUT2D eigenvalue weighted by molar-refractivity contribution is 6.74. The maximum atomic E-state index is 16.2. The van der Waals surface area contributed by atoms with E-state index in [9.17, 15) is 10.1 Å². The highest BCUT2D eigenvalue weighted by Crippen LogP contribution is 2.37. The monoisotopic (exact) mass is 591 g/mol. The van der Waals surface area contributed by atoms with Crippen LogP contribution in [0.1, 0.15) is 43.8 Å². The molecule has 42 heavy (non-hydrogen) atoms. The Morgan fingerprint density at radius 3 is 2.45 bits per heavy atom. The molecule has 2 aromatic heterocycles. The number of nitriles is 1. The zero-order valence-corrected chi connectivity index (χ0v) is 25.4. The van der Waals surface area contributed by atoms with Gasteiger partial charge in [0.15, 0.2) is 25.7 Å². The van der Waals surface area contributed by atoms with E-state index in [4.69, 9.17) is 13.9 Å². The molecule has 0 aliphatic rings. The SMILES string of the molecule is COc1cc(OCCO[Si](C)(C)C(C)(C)C)c(F)c(C(Nc2ccc(C#N)cc2)c2nn(-c3ncccn3)c(=O)[nH]2)c1. The van der Waals surface area contributed by atoms with Crippen LogP contribution in [0.25, 0.3) is 5.95 Å². The van der Waals surface area contributed by atoms with E-state index in [1.54, 1.807) is 30.3 Å². The molecule has 0 aliphatic carbocycles. The van der Waals surface area contributed by atoms with Crippen LogP contribution >= 0.6 is 0 Å². The van der Waals surface area contributed by atoms with Gasteiger partial charge in [0.25, 0.3) is 5.95 Å². The predicted molar refractivity (Wildman–Crippen MR) is 158 cm³/mol. The minimum absolute atomic E-state index is 0.0246. The Morgan fingerprint density at radius 1 is 1.14 bits per heavy atom. The fraction of sp³-hybridized carbons (Fsp3) is 0.345. The number of hydrogen-bond donors (Lipinski definition) is 2. The number of nitrogens with zero attached hydrogens (tertiary/aromatic N) is 5. The Hall–Kier alpha value is -4.54. The van der Waals surface area contributed by atoms with Crippen molar-refractivity contribution < 1.29 is 18.3 Å². The van der Waals surface area contributed by atoms with Crippen LogP contribution in [0, 0.1) is 17.1 Å². The Labute approximate surface area is 244 Å². The Morgan fingerprint density at radius 2 is 1.83 bits per heavy atom. The molecule has 1 atom stereocenters. The summed E-state index contributed by atoms with van der Waals surface area (Å²) < 4.78 is 34.7. The molecule has 13 heteroatoms. The van der Waals surface area contributed by atoms with Crippen molar-refractivity contribution in [1.82, 2.24) is 24.7 Å². The molecular formula is C29H34FN7O4Si. The summed E-state index contributed by atoms with van der Waals surface area (Å²) in [6.07, 6.45) is 2.96. The molecule has 4 aromatic rings. The summed E-state index contributed by atoms with van der Waals surface area (Å²) in [6.45, 7) is 11.1. The van der Waals surface area contributed by atoms with Crippen molar-refractivity contribution >= 4 is 14.0 Å². The predicted octanol–water partition coefficient (Wildman–Crippen LogP) is 4.97. The van der Waals surface area contributed by atoms with E-state index < -0.39 is 25.9 Å². The van der Waals surface area contributed by atoms with Crippen molar-refractivity contribution in [3.8, 4) is 23.5 Å². The number of benzene rings is 2. The fourth-order valence-electron chi connectivity index (χ4n) is 3.80. The first kappa shape index (κ1) is 30.4. The van der Waals surface area contributed by atoms with Gasteiger partial charge in [-0.25, -0.2) is 19.2 Å². The summed E-state index contributed by atoms with van der Waals surface area (Å²) in [6, 6.07) is 12.2. The number of anilines is 1. The summed E-state index contributed by atoms with van der Waals surface area (Å²) in [7, 11) is -0.546. The van der Waals surface area contributed by atoms with Crippen molar-refractivity contribution in [3.63, 3.8) is 0 Å². The topological polar surface area (TPSA) is 140 Å². The highest BCUT2D eigenvalue weighted by atomic mass is 28.4. The third-order valence-corrected chi connectivity index (χ3v) is 11.7. The van der Waals surface area contributed by atoms with Gasteiger partial charge in [0, 0.05) is 29.7 Å². The van der Waals surface area contributed by atoms with E-state index in [0.29, 0.717) is 23.6 Å². The molecule has 2 aromatic carbocycles. The number of aromatic amines is 1. The molecule has 0 amide bonds. The zero-order chi connectivity index (χ0) is 30.5. The molecule has 11 nitrogen and oxygen atoms in total. The lowest BCUT2D eigenvalue weighted by atomic mass is 10.0. The summed E-state index contributed by atoms with van der Waals surface area (Å²) in [4.78, 5) is 23.7. The maximum absolute atomic E-state index is 16.2. The van der Waals surface area contributed by atoms with E-state index in [2.05, 4.69) is 65.3 Å². The normalized spacial score (nSPS) is 12.4. The van der Waals surface area contributed by atoms with E-state index in [1.165, 1.54) is 31.6 Å². The van der Waals surface area contributed by atoms with Gasteiger partial charge in [-0.2, -0.15) is 5.26 Å². The molecule has 0 fully saturated rings. The van der Waals surface area contributed by atoms with E-state index >= 15 is 4.39 Å². The van der Waals surface area contributed by atoms with Crippen molar-refractivity contribution in [3.05, 3.63) is 88.1 Å². The first-order valence-corrected chi connectivity index (χ1v) is 16.2. The molecule has 0 saturated heterocycles. The Kier molecular flexibility index (Phi) is 9.08. The number of methoxy groups -OCH3 is 1. The third kappa shape index (κ3) is 6.84. The molecule has 2 heterocycles. The summed E-state index contributed by atoms with van der Waals surface area (Å²) >= 11 is 0. The van der Waals surface area contributed by atoms with Crippen molar-refractivity contribution in [2.75, 3.05) is 25.6 Å². The number of ether oxygens (including phenoxy) is 2. The number of halogens is 1. The van der Waals surface area contributed by atoms with Crippen LogP contribution in [0.2, 0.25) is 18.1 Å². The van der Waals surface area contributed by atoms with Crippen LogP contribution in [0.15, 0.2) is 59.7 Å². The standard InChI is InChI=1S/C29H34FN7O4Si/c1-29(2,3)42(5,6)41-15-14-40-23-17-21(39-4)16-22(24(23)30)25(34-20-10-8-19(18-31)9-11-20)26-35-28(38)37(36-26)27-32-12-7-13-33-27/h7-13,16-17,25,34H,14-15H2,1-6H3,(H,35,36,38). The van der Waals surface area contributed by atoms with Crippen LogP contribution in [-0.2, 0) is 4.43 Å². The van der Waals surface area contributed by atoms with E-state index in [1.807, 2.05) is 0 Å². The van der Waals surface area contributed by atoms with Crippen LogP contribution in [-0.4, -0.2) is 53.4 Å². The fourth-order valence-corrected chi connectivity index (χ4v) is 4.83. The average Bonchev–Trinajstić information content (AvgIpc) is 3.36. The van der Waals surface area contributed by atoms with E-state index in [-0.39, 0.29) is 34.7 Å². The first-order chi connectivity index (χ1) is 19.9. The molecule has 0 saturated carbocycles. The molecule has 1 unspecified atom stereocenters. The number of aromatic nitrogens is 5. The molecule has 220 valence electrons. The van der Waals surface area contributed by atoms with Gasteiger partial charge < -0.3 is 19.2 Å². The van der Waals surface area contributed by atoms with Gasteiger partial charge in [-0.1, -0.05) is 20.8 Å². The number of rotatable bonds is 11. The molecule has 4 rings (SSSR count). The van der Waals surface area contributed by atoms with Gasteiger partial charge in [0.1, 0.15) is 18.4 Å². The Balaban J connectivity index is 1.71. The van der Waals surface area contributed by atoms with Crippen LogP contribution in [0.5, 0.6) is 11.5 Å². The van der Waals surface area contributed by atoms with Gasteiger partial charge >= 0.3 is 5.69 Å². The maximum Gasteiger partial charge on any atom is 0.350 e. The van der Waals surface area contributed by atoms with Crippen molar-refractivity contribution in [2.24, 2.45) is 0 Å². The van der Waals surface area contributed by atoms with Crippen molar-refractivity contribution in [1.29, 1.82) is 5.26 Å². The van der Waals surface area contributed by atoms with Crippen LogP contribution in [0.4, 0.5) is 10.1 Å². The third-order valence-electron chi connectivity index (χ3n) is 7.17. The molecule has 0 bridgehead atoms. The molecule has 2 N–H and O–H groups in total. The van der Waals surface area contributed by atoms with E-state index in [0.717, 1.165) is 4.68 Å². The second kappa shape index (κ2) is 12.5. The molecule has 0 aliphatic heterocycles. The minimum atomic E-state index is -2.01. The van der Waals surface area contributed by atoms with Crippen LogP contribution < -0.4 is 20.5 Å². The lowest BCUT2D eigenvalue weighted by molar-refractivity contribution is 0.198. The quantitative estimate of drug-likeness (QED) is 0.183. The minimum Gasteiger partial charge on any atom is -0.497 e. The van der Waals surface area contributed by atoms with Gasteiger partial charge in [0.2, 0.25) is 0 Å². The number of nitrogens with one attached hydrogen (secondary N) is 2. The number of H-pyrrole nitrogens is 1. The highest BCUT2D eigenvalue weighted by Gasteiger charge is 2.37. The zero-order valence-electron chi connectivity index (χ0n) is 24.4. The summed E-state index contributed by atoms with van der Waals surface area (Å²) in [5, 5.41) is 16.8. The molecular weight excluding hydrogens is 557 g/mol. The molecule has 0 radical (unpaired) electrons. The molecule has 0 spiro atoms. The van der Waals surface area contributed by atoms with Crippen LogP contribution in [0.3, 0.4) is 0 Å². The lowest BCUT2D eigenvalue weighted by Gasteiger charge is -2.36. The lowest BCUT2D eigenvalue weighted by Crippen LogP contribution is -2.41. The number of hydrogen-bond acceptors (Lipinski definition) is 9. The largest absolute Gasteiger partial charge is 0.497 e. The Bertz CT molecular complexity index is 1610. The first-order valence-electron chi connectivity index (χ1n) is 13.3. The average molecular weight is 592 g/mol. The summed E-state index contributed by atoms with van der Waals surface area (Å²) in [5.74, 6) is -0.217. The van der Waals surface area contributed by atoms with Gasteiger partial charge in [-0.3, -0.25) is 4.98 Å². The summed E-state index contributed by atoms with van der Waals surface area (Å²) in [5.41, 5.74) is 0.510. The smallest absolute Gasteiger partial charge is 0.350 e. The van der Waals surface area contributed by atoms with Gasteiger partial charge in [-0.05, 0) is 54.5 Å². The van der Waals surface area contributed by atoms with Gasteiger partial charge in [0.05, 0.1) is 25.3 Å². The van der Waals surface area contributed by atoms with Gasteiger partial charge in [-0.15, -0.1) is 9.78 Å². The second-order valence-corrected chi connectivity index (χ2v) is 15.8. The second-order valence-electron chi connectivity index (χ2n) is 11.0.